The van der Waals surface area contributed by atoms with E-state index >= 15 is 0 Å². The van der Waals surface area contributed by atoms with Gasteiger partial charge in [-0.3, -0.25) is 4.79 Å². The van der Waals surface area contributed by atoms with E-state index < -0.39 is 17.7 Å². The first-order valence-corrected chi connectivity index (χ1v) is 11.3. The summed E-state index contributed by atoms with van der Waals surface area (Å²) in [5.74, 6) is 0.110. The summed E-state index contributed by atoms with van der Waals surface area (Å²) in [6, 6.07) is 7.95. The van der Waals surface area contributed by atoms with E-state index in [9.17, 15) is 23.1 Å². The fraction of sp³-hybridized carbons (Fsp3) is 0.280. The van der Waals surface area contributed by atoms with E-state index in [0.29, 0.717) is 53.2 Å². The smallest absolute Gasteiger partial charge is 0.416 e. The number of hydrogen-bond acceptors (Lipinski definition) is 5. The number of ether oxygens (including phenoxy) is 1. The van der Waals surface area contributed by atoms with Crippen molar-refractivity contribution in [2.75, 3.05) is 12.4 Å². The molecule has 6 nitrogen and oxygen atoms in total. The summed E-state index contributed by atoms with van der Waals surface area (Å²) in [5.41, 5.74) is 2.41. The first kappa shape index (κ1) is 23.3. The summed E-state index contributed by atoms with van der Waals surface area (Å²) in [5, 5.41) is 18.0. The van der Waals surface area contributed by atoms with E-state index in [4.69, 9.17) is 16.3 Å². The Labute approximate surface area is 204 Å². The molecule has 3 aromatic rings. The van der Waals surface area contributed by atoms with Crippen LogP contribution in [0.3, 0.4) is 0 Å². The van der Waals surface area contributed by atoms with Crippen LogP contribution < -0.4 is 10.1 Å². The molecule has 1 aliphatic heterocycles. The molecular weight excluding hydrogens is 483 g/mol. The number of methoxy groups -OCH3 is 1. The number of rotatable bonds is 3. The van der Waals surface area contributed by atoms with E-state index in [0.717, 1.165) is 12.1 Å². The zero-order valence-corrected chi connectivity index (χ0v) is 19.6. The van der Waals surface area contributed by atoms with E-state index in [-0.39, 0.29) is 28.0 Å². The van der Waals surface area contributed by atoms with Gasteiger partial charge in [-0.25, -0.2) is 4.68 Å². The lowest BCUT2D eigenvalue weighted by atomic mass is 9.76. The molecule has 0 saturated carbocycles. The molecule has 0 radical (unpaired) electrons. The van der Waals surface area contributed by atoms with Gasteiger partial charge in [-0.1, -0.05) is 17.7 Å². The highest BCUT2D eigenvalue weighted by molar-refractivity contribution is 6.32. The van der Waals surface area contributed by atoms with Gasteiger partial charge in [-0.15, -0.1) is 0 Å². The molecule has 2 heterocycles. The van der Waals surface area contributed by atoms with Crippen LogP contribution in [0.4, 0.5) is 19.0 Å². The molecule has 2 N–H and O–H groups in total. The highest BCUT2D eigenvalue weighted by atomic mass is 35.5. The van der Waals surface area contributed by atoms with E-state index in [2.05, 4.69) is 10.4 Å². The van der Waals surface area contributed by atoms with Crippen molar-refractivity contribution in [2.45, 2.75) is 38.3 Å². The molecule has 35 heavy (non-hydrogen) atoms. The van der Waals surface area contributed by atoms with Crippen molar-refractivity contribution in [1.29, 1.82) is 0 Å². The van der Waals surface area contributed by atoms with Gasteiger partial charge in [0.25, 0.3) is 0 Å². The number of benzene rings is 2. The van der Waals surface area contributed by atoms with Crippen LogP contribution in [-0.4, -0.2) is 27.8 Å². The number of alkyl halides is 3. The Morgan fingerprint density at radius 3 is 2.69 bits per heavy atom. The maximum atomic E-state index is 13.4. The van der Waals surface area contributed by atoms with Crippen LogP contribution in [0.1, 0.15) is 47.6 Å². The maximum absolute atomic E-state index is 13.4. The average Bonchev–Trinajstić information content (AvgIpc) is 3.13. The Kier molecular flexibility index (Phi) is 5.55. The summed E-state index contributed by atoms with van der Waals surface area (Å²) in [6.07, 6.45) is -2.89. The fourth-order valence-electron chi connectivity index (χ4n) is 4.85. The van der Waals surface area contributed by atoms with Crippen molar-refractivity contribution in [2.24, 2.45) is 0 Å². The highest BCUT2D eigenvalue weighted by Crippen LogP contribution is 2.49. The molecule has 1 aromatic heterocycles. The second-order valence-electron chi connectivity index (χ2n) is 8.58. The molecule has 1 aliphatic carbocycles. The van der Waals surface area contributed by atoms with Crippen molar-refractivity contribution in [3.8, 4) is 17.2 Å². The number of phenolic OH excluding ortho intramolecular Hbond substituents is 1. The number of nitrogens with zero attached hydrogens (tertiary/aromatic N) is 2. The molecule has 182 valence electrons. The van der Waals surface area contributed by atoms with Crippen LogP contribution in [0.5, 0.6) is 11.5 Å². The SMILES string of the molecule is COc1cc([C@@H]2C3=C(CCCC3=O)Nc3c2c(C)nn3-c2cc(C(F)(F)F)ccc2Cl)ccc1O. The second-order valence-corrected chi connectivity index (χ2v) is 8.99. The van der Waals surface area contributed by atoms with Crippen LogP contribution in [-0.2, 0) is 11.0 Å². The number of phenols is 1. The van der Waals surface area contributed by atoms with Gasteiger partial charge in [0.15, 0.2) is 17.3 Å². The van der Waals surface area contributed by atoms with Crippen LogP contribution in [0, 0.1) is 6.92 Å². The van der Waals surface area contributed by atoms with Crippen molar-refractivity contribution in [1.82, 2.24) is 9.78 Å². The van der Waals surface area contributed by atoms with Gasteiger partial charge in [0.1, 0.15) is 5.82 Å². The predicted octanol–water partition coefficient (Wildman–Crippen LogP) is 6.13. The lowest BCUT2D eigenvalue weighted by Gasteiger charge is -2.33. The predicted molar refractivity (Wildman–Crippen MR) is 124 cm³/mol. The third-order valence-corrected chi connectivity index (χ3v) is 6.77. The lowest BCUT2D eigenvalue weighted by Crippen LogP contribution is -2.27. The summed E-state index contributed by atoms with van der Waals surface area (Å²) in [7, 11) is 1.43. The number of anilines is 1. The maximum Gasteiger partial charge on any atom is 0.416 e. The van der Waals surface area contributed by atoms with Gasteiger partial charge < -0.3 is 15.2 Å². The van der Waals surface area contributed by atoms with Gasteiger partial charge in [-0.2, -0.15) is 18.3 Å². The normalized spacial score (nSPS) is 17.7. The molecule has 10 heteroatoms. The van der Waals surface area contributed by atoms with E-state index in [1.807, 2.05) is 0 Å². The molecule has 0 fully saturated rings. The van der Waals surface area contributed by atoms with Crippen LogP contribution >= 0.6 is 11.6 Å². The average molecular weight is 504 g/mol. The molecule has 2 aromatic carbocycles. The number of carbonyl (C=O) groups excluding carboxylic acids is 1. The molecule has 0 amide bonds. The molecule has 0 bridgehead atoms. The number of aryl methyl sites for hydroxylation is 1. The van der Waals surface area contributed by atoms with Gasteiger partial charge in [-0.05, 0) is 55.7 Å². The number of nitrogens with one attached hydrogen (secondary N) is 1. The Morgan fingerprint density at radius 1 is 1.20 bits per heavy atom. The third-order valence-electron chi connectivity index (χ3n) is 6.45. The number of ketones is 1. The Hall–Kier alpha value is -3.46. The number of aromatic nitrogens is 2. The van der Waals surface area contributed by atoms with Crippen molar-refractivity contribution >= 4 is 23.2 Å². The lowest BCUT2D eigenvalue weighted by molar-refractivity contribution is -0.137. The summed E-state index contributed by atoms with van der Waals surface area (Å²) in [4.78, 5) is 13.1. The standard InChI is InChI=1S/C25H21ClF3N3O3/c1-12-21-22(13-6-9-18(33)20(10-13)35-2)23-16(4-3-5-19(23)34)30-24(21)32(31-12)17-11-14(25(27,28)29)7-8-15(17)26/h6-11,22,30,33H,3-5H2,1-2H3/t22-/m0/s1. The zero-order chi connectivity index (χ0) is 25.1. The first-order chi connectivity index (χ1) is 16.6. The number of hydrogen-bond donors (Lipinski definition) is 2. The van der Waals surface area contributed by atoms with Crippen molar-refractivity contribution in [3.05, 3.63) is 75.1 Å². The zero-order valence-electron chi connectivity index (χ0n) is 18.8. The van der Waals surface area contributed by atoms with Crippen LogP contribution in [0.15, 0.2) is 47.7 Å². The van der Waals surface area contributed by atoms with Gasteiger partial charge in [0.05, 0.1) is 29.1 Å². The Bertz CT molecular complexity index is 1390. The minimum absolute atomic E-state index is 0.00862. The highest BCUT2D eigenvalue weighted by Gasteiger charge is 2.39. The van der Waals surface area contributed by atoms with E-state index in [1.165, 1.54) is 23.9 Å². The Morgan fingerprint density at radius 2 is 1.97 bits per heavy atom. The quantitative estimate of drug-likeness (QED) is 0.449. The number of fused-ring (bicyclic) bond motifs is 1. The molecule has 0 unspecified atom stereocenters. The van der Waals surface area contributed by atoms with Crippen molar-refractivity contribution in [3.63, 3.8) is 0 Å². The monoisotopic (exact) mass is 503 g/mol. The number of halogens is 4. The third kappa shape index (κ3) is 3.83. The largest absolute Gasteiger partial charge is 0.504 e. The second kappa shape index (κ2) is 8.34. The van der Waals surface area contributed by atoms with Crippen LogP contribution in [0.25, 0.3) is 5.69 Å². The first-order valence-electron chi connectivity index (χ1n) is 11.0. The number of aromatic hydroxyl groups is 1. The summed E-state index contributed by atoms with van der Waals surface area (Å²) >= 11 is 6.34. The molecule has 1 atom stereocenters. The number of allylic oxidation sites excluding steroid dienone is 2. The molecule has 2 aliphatic rings. The minimum Gasteiger partial charge on any atom is -0.504 e. The van der Waals surface area contributed by atoms with Gasteiger partial charge in [0, 0.05) is 29.2 Å². The summed E-state index contributed by atoms with van der Waals surface area (Å²) in [6.45, 7) is 1.74. The molecule has 5 rings (SSSR count). The topological polar surface area (TPSA) is 76.4 Å². The number of Topliss-reactive ketones (excluding diaryl/α,β-unsaturated/α-hetero) is 1. The van der Waals surface area contributed by atoms with E-state index in [1.54, 1.807) is 19.1 Å². The molecule has 0 saturated heterocycles. The van der Waals surface area contributed by atoms with Crippen molar-refractivity contribution < 1.29 is 27.8 Å². The fourth-order valence-corrected chi connectivity index (χ4v) is 5.05. The Balaban J connectivity index is 1.75. The molecule has 0 spiro atoms. The van der Waals surface area contributed by atoms with Gasteiger partial charge >= 0.3 is 6.18 Å². The number of carbonyl (C=O) groups is 1. The molecular formula is C25H21ClF3N3O3. The summed E-state index contributed by atoms with van der Waals surface area (Å²) < 4.78 is 47.0. The minimum atomic E-state index is -4.55. The van der Waals surface area contributed by atoms with Crippen LogP contribution in [0.2, 0.25) is 5.02 Å². The van der Waals surface area contributed by atoms with Gasteiger partial charge in [0.2, 0.25) is 0 Å².